The van der Waals surface area contributed by atoms with Crippen molar-refractivity contribution in [3.8, 4) is 16.9 Å². The number of benzene rings is 2. The van der Waals surface area contributed by atoms with Crippen LogP contribution in [0.4, 0.5) is 0 Å². The van der Waals surface area contributed by atoms with E-state index >= 15 is 0 Å². The standard InChI is InChI=1S/C29H34N4O2/c1-21-11-12-24(19-22(21)2)27-26(20-33(30-27)25-9-5-3-6-10-25)29(35)32-17-13-23(14-18-32)28(34)31-15-7-4-8-16-31/h3,5-6,9-12,19-20,23H,4,7-8,13-18H2,1-2H3. The molecule has 3 aromatic rings. The maximum atomic E-state index is 13.7. The minimum absolute atomic E-state index is 0.00993. The van der Waals surface area contributed by atoms with Crippen LogP contribution in [-0.4, -0.2) is 57.6 Å². The summed E-state index contributed by atoms with van der Waals surface area (Å²) in [5, 5.41) is 4.85. The Labute approximate surface area is 207 Å². The Kier molecular flexibility index (Phi) is 6.71. The summed E-state index contributed by atoms with van der Waals surface area (Å²) < 4.78 is 1.80. The van der Waals surface area contributed by atoms with Crippen molar-refractivity contribution < 1.29 is 9.59 Å². The van der Waals surface area contributed by atoms with Gasteiger partial charge in [0.2, 0.25) is 5.91 Å². The molecule has 0 atom stereocenters. The quantitative estimate of drug-likeness (QED) is 0.538. The molecule has 2 fully saturated rings. The van der Waals surface area contributed by atoms with Gasteiger partial charge in [0, 0.05) is 43.9 Å². The first kappa shape index (κ1) is 23.3. The van der Waals surface area contributed by atoms with E-state index in [-0.39, 0.29) is 17.7 Å². The van der Waals surface area contributed by atoms with Crippen LogP contribution in [0.25, 0.3) is 16.9 Å². The summed E-state index contributed by atoms with van der Waals surface area (Å²) in [5.74, 6) is 0.303. The van der Waals surface area contributed by atoms with Crippen molar-refractivity contribution in [2.24, 2.45) is 5.92 Å². The molecule has 0 aliphatic carbocycles. The summed E-state index contributed by atoms with van der Waals surface area (Å²) in [6, 6.07) is 16.1. The van der Waals surface area contributed by atoms with Gasteiger partial charge in [0.05, 0.1) is 11.3 Å². The summed E-state index contributed by atoms with van der Waals surface area (Å²) in [5.41, 5.74) is 5.56. The van der Waals surface area contributed by atoms with Crippen molar-refractivity contribution in [3.05, 3.63) is 71.4 Å². The molecule has 2 saturated heterocycles. The van der Waals surface area contributed by atoms with Gasteiger partial charge in [-0.15, -0.1) is 0 Å². The zero-order chi connectivity index (χ0) is 24.4. The van der Waals surface area contributed by atoms with Crippen molar-refractivity contribution in [1.82, 2.24) is 19.6 Å². The predicted molar refractivity (Wildman–Crippen MR) is 138 cm³/mol. The first-order chi connectivity index (χ1) is 17.0. The Morgan fingerprint density at radius 3 is 2.23 bits per heavy atom. The number of hydrogen-bond acceptors (Lipinski definition) is 3. The zero-order valence-electron chi connectivity index (χ0n) is 20.7. The van der Waals surface area contributed by atoms with Gasteiger partial charge in [0.25, 0.3) is 5.91 Å². The number of hydrogen-bond donors (Lipinski definition) is 0. The van der Waals surface area contributed by atoms with E-state index in [0.29, 0.717) is 24.3 Å². The van der Waals surface area contributed by atoms with E-state index in [1.165, 1.54) is 17.5 Å². The Balaban J connectivity index is 1.38. The van der Waals surface area contributed by atoms with Gasteiger partial charge in [-0.25, -0.2) is 4.68 Å². The van der Waals surface area contributed by atoms with Crippen LogP contribution >= 0.6 is 0 Å². The molecule has 1 aromatic heterocycles. The van der Waals surface area contributed by atoms with Gasteiger partial charge in [-0.2, -0.15) is 5.10 Å². The molecule has 2 aliphatic rings. The second kappa shape index (κ2) is 10.1. The molecular formula is C29H34N4O2. The average molecular weight is 471 g/mol. The minimum atomic E-state index is -0.00993. The van der Waals surface area contributed by atoms with Crippen LogP contribution in [0, 0.1) is 19.8 Å². The number of likely N-dealkylation sites (tertiary alicyclic amines) is 2. The van der Waals surface area contributed by atoms with Gasteiger partial charge in [-0.3, -0.25) is 9.59 Å². The molecule has 2 aromatic carbocycles. The Morgan fingerprint density at radius 2 is 1.54 bits per heavy atom. The van der Waals surface area contributed by atoms with E-state index in [1.54, 1.807) is 4.68 Å². The van der Waals surface area contributed by atoms with Crippen LogP contribution < -0.4 is 0 Å². The fourth-order valence-electron chi connectivity index (χ4n) is 5.22. The molecule has 182 valence electrons. The first-order valence-corrected chi connectivity index (χ1v) is 12.8. The summed E-state index contributed by atoms with van der Waals surface area (Å²) in [6.07, 6.45) is 6.74. The molecule has 0 N–H and O–H groups in total. The molecule has 6 nitrogen and oxygen atoms in total. The highest BCUT2D eigenvalue weighted by Gasteiger charge is 2.32. The van der Waals surface area contributed by atoms with Crippen LogP contribution in [0.3, 0.4) is 0 Å². The number of carbonyl (C=O) groups excluding carboxylic acids is 2. The normalized spacial score (nSPS) is 17.0. The molecule has 0 saturated carbocycles. The Morgan fingerprint density at radius 1 is 0.829 bits per heavy atom. The van der Waals surface area contributed by atoms with E-state index in [0.717, 1.165) is 50.0 Å². The van der Waals surface area contributed by atoms with Crippen LogP contribution in [0.5, 0.6) is 0 Å². The lowest BCUT2D eigenvalue weighted by Gasteiger charge is -2.35. The van der Waals surface area contributed by atoms with Crippen molar-refractivity contribution in [2.45, 2.75) is 46.0 Å². The maximum Gasteiger partial charge on any atom is 0.257 e. The molecule has 0 radical (unpaired) electrons. The topological polar surface area (TPSA) is 58.4 Å². The Bertz CT molecular complexity index is 1200. The average Bonchev–Trinajstić information content (AvgIpc) is 3.36. The van der Waals surface area contributed by atoms with Crippen LogP contribution in [0.15, 0.2) is 54.7 Å². The smallest absolute Gasteiger partial charge is 0.257 e. The molecule has 3 heterocycles. The SMILES string of the molecule is Cc1ccc(-c2nn(-c3ccccc3)cc2C(=O)N2CCC(C(=O)N3CCCCC3)CC2)cc1C. The van der Waals surface area contributed by atoms with Crippen LogP contribution in [0.1, 0.15) is 53.6 Å². The first-order valence-electron chi connectivity index (χ1n) is 12.8. The van der Waals surface area contributed by atoms with E-state index in [1.807, 2.05) is 52.4 Å². The van der Waals surface area contributed by atoms with Crippen LogP contribution in [0.2, 0.25) is 0 Å². The second-order valence-electron chi connectivity index (χ2n) is 9.92. The molecule has 0 spiro atoms. The zero-order valence-corrected chi connectivity index (χ0v) is 20.7. The number of aryl methyl sites for hydroxylation is 2. The summed E-state index contributed by atoms with van der Waals surface area (Å²) in [7, 11) is 0. The van der Waals surface area contributed by atoms with Crippen molar-refractivity contribution >= 4 is 11.8 Å². The molecular weight excluding hydrogens is 436 g/mol. The molecule has 5 rings (SSSR count). The van der Waals surface area contributed by atoms with E-state index < -0.39 is 0 Å². The number of nitrogens with zero attached hydrogens (tertiary/aromatic N) is 4. The highest BCUT2D eigenvalue weighted by atomic mass is 16.2. The highest BCUT2D eigenvalue weighted by molar-refractivity contribution is 6.00. The third-order valence-corrected chi connectivity index (χ3v) is 7.54. The van der Waals surface area contributed by atoms with Gasteiger partial charge < -0.3 is 9.80 Å². The number of aromatic nitrogens is 2. The maximum absolute atomic E-state index is 13.7. The van der Waals surface area contributed by atoms with Crippen LogP contribution in [-0.2, 0) is 4.79 Å². The monoisotopic (exact) mass is 470 g/mol. The largest absolute Gasteiger partial charge is 0.342 e. The second-order valence-corrected chi connectivity index (χ2v) is 9.92. The van der Waals surface area contributed by atoms with E-state index in [4.69, 9.17) is 5.10 Å². The van der Waals surface area contributed by atoms with Crippen molar-refractivity contribution in [2.75, 3.05) is 26.2 Å². The highest BCUT2D eigenvalue weighted by Crippen LogP contribution is 2.29. The van der Waals surface area contributed by atoms with Gasteiger partial charge in [0.15, 0.2) is 0 Å². The molecule has 6 heteroatoms. The number of rotatable bonds is 4. The lowest BCUT2D eigenvalue weighted by atomic mass is 9.93. The number of piperidine rings is 2. The number of amides is 2. The van der Waals surface area contributed by atoms with Gasteiger partial charge in [-0.05, 0) is 75.3 Å². The van der Waals surface area contributed by atoms with E-state index in [2.05, 4.69) is 26.0 Å². The third-order valence-electron chi connectivity index (χ3n) is 7.54. The lowest BCUT2D eigenvalue weighted by Crippen LogP contribution is -2.45. The van der Waals surface area contributed by atoms with Gasteiger partial charge in [-0.1, -0.05) is 30.3 Å². The van der Waals surface area contributed by atoms with Gasteiger partial charge in [0.1, 0.15) is 5.69 Å². The minimum Gasteiger partial charge on any atom is -0.342 e. The van der Waals surface area contributed by atoms with Gasteiger partial charge >= 0.3 is 0 Å². The lowest BCUT2D eigenvalue weighted by molar-refractivity contribution is -0.137. The Hall–Kier alpha value is -3.41. The van der Waals surface area contributed by atoms with E-state index in [9.17, 15) is 9.59 Å². The summed E-state index contributed by atoms with van der Waals surface area (Å²) in [6.45, 7) is 7.14. The fourth-order valence-corrected chi connectivity index (χ4v) is 5.22. The molecule has 2 aliphatic heterocycles. The summed E-state index contributed by atoms with van der Waals surface area (Å²) in [4.78, 5) is 30.6. The van der Waals surface area contributed by atoms with Crippen molar-refractivity contribution in [1.29, 1.82) is 0 Å². The third kappa shape index (κ3) is 4.88. The fraction of sp³-hybridized carbons (Fsp3) is 0.414. The number of carbonyl (C=O) groups is 2. The molecule has 2 amide bonds. The molecule has 0 unspecified atom stereocenters. The molecule has 0 bridgehead atoms. The summed E-state index contributed by atoms with van der Waals surface area (Å²) >= 11 is 0. The molecule has 35 heavy (non-hydrogen) atoms. The van der Waals surface area contributed by atoms with Crippen molar-refractivity contribution in [3.63, 3.8) is 0 Å². The number of para-hydroxylation sites is 1. The predicted octanol–water partition coefficient (Wildman–Crippen LogP) is 5.02.